The minimum atomic E-state index is -0.500. The number of carbonyl (C=O) groups is 2. The normalized spacial score (nSPS) is 22.0. The van der Waals surface area contributed by atoms with Crippen LogP contribution in [0.1, 0.15) is 38.3 Å². The second-order valence-corrected chi connectivity index (χ2v) is 10.1. The first-order chi connectivity index (χ1) is 16.3. The van der Waals surface area contributed by atoms with Crippen molar-refractivity contribution in [2.75, 3.05) is 43.1 Å². The zero-order chi connectivity index (χ0) is 23.9. The van der Waals surface area contributed by atoms with Crippen LogP contribution >= 0.6 is 0 Å². The summed E-state index contributed by atoms with van der Waals surface area (Å²) < 4.78 is 19.3. The van der Waals surface area contributed by atoms with Gasteiger partial charge in [0.25, 0.3) is 0 Å². The van der Waals surface area contributed by atoms with Gasteiger partial charge in [0, 0.05) is 30.8 Å². The largest absolute Gasteiger partial charge is 0.378 e. The summed E-state index contributed by atoms with van der Waals surface area (Å²) in [6.07, 6.45) is 1.14. The fraction of sp³-hybridized carbons (Fsp3) is 0.407. The second-order valence-electron chi connectivity index (χ2n) is 10.1. The zero-order valence-electron chi connectivity index (χ0n) is 19.6. The number of ether oxygens (including phenoxy) is 1. The first-order valence-electron chi connectivity index (χ1n) is 11.8. The third-order valence-electron chi connectivity index (χ3n) is 6.86. The van der Waals surface area contributed by atoms with Crippen molar-refractivity contribution in [3.05, 3.63) is 71.2 Å². The molecule has 2 aliphatic heterocycles. The molecule has 2 heterocycles. The van der Waals surface area contributed by atoms with Gasteiger partial charge in [-0.05, 0) is 41.7 Å². The summed E-state index contributed by atoms with van der Waals surface area (Å²) in [6, 6.07) is 13.6. The Bertz CT molecular complexity index is 1140. The van der Waals surface area contributed by atoms with Crippen molar-refractivity contribution in [3.8, 4) is 0 Å². The number of halogens is 1. The van der Waals surface area contributed by atoms with Gasteiger partial charge in [-0.2, -0.15) is 0 Å². The van der Waals surface area contributed by atoms with Crippen molar-refractivity contribution in [2.24, 2.45) is 5.41 Å². The summed E-state index contributed by atoms with van der Waals surface area (Å²) in [5.41, 5.74) is 3.86. The van der Waals surface area contributed by atoms with Gasteiger partial charge in [-0.15, -0.1) is 0 Å². The number of carbonyl (C=O) groups excluding carboxylic acids is 2. The summed E-state index contributed by atoms with van der Waals surface area (Å²) in [5, 5.41) is 3.54. The molecule has 34 heavy (non-hydrogen) atoms. The van der Waals surface area contributed by atoms with Crippen molar-refractivity contribution in [1.82, 2.24) is 4.90 Å². The Hall–Kier alpha value is -3.19. The molecule has 2 aromatic carbocycles. The number of amides is 1. The molecule has 1 N–H and O–H groups in total. The fourth-order valence-corrected chi connectivity index (χ4v) is 5.28. The highest BCUT2D eigenvalue weighted by Crippen LogP contribution is 2.48. The molecule has 0 radical (unpaired) electrons. The van der Waals surface area contributed by atoms with Gasteiger partial charge < -0.3 is 19.9 Å². The first kappa shape index (κ1) is 22.6. The Labute approximate surface area is 199 Å². The van der Waals surface area contributed by atoms with E-state index in [-0.39, 0.29) is 29.5 Å². The predicted molar refractivity (Wildman–Crippen MR) is 129 cm³/mol. The van der Waals surface area contributed by atoms with Crippen molar-refractivity contribution >= 4 is 23.1 Å². The molecule has 6 nitrogen and oxygen atoms in total. The van der Waals surface area contributed by atoms with Crippen molar-refractivity contribution in [2.45, 2.75) is 32.7 Å². The molecule has 1 saturated heterocycles. The van der Waals surface area contributed by atoms with E-state index in [0.29, 0.717) is 44.7 Å². The Morgan fingerprint density at radius 1 is 1.09 bits per heavy atom. The number of anilines is 2. The molecule has 0 aromatic heterocycles. The van der Waals surface area contributed by atoms with Crippen LogP contribution in [0.5, 0.6) is 0 Å². The number of nitrogens with zero attached hydrogens (tertiary/aromatic N) is 2. The Morgan fingerprint density at radius 2 is 1.79 bits per heavy atom. The van der Waals surface area contributed by atoms with Gasteiger partial charge in [-0.3, -0.25) is 9.59 Å². The first-order valence-corrected chi connectivity index (χ1v) is 11.8. The summed E-state index contributed by atoms with van der Waals surface area (Å²) >= 11 is 0. The van der Waals surface area contributed by atoms with E-state index in [0.717, 1.165) is 22.6 Å². The van der Waals surface area contributed by atoms with Crippen LogP contribution in [0.2, 0.25) is 0 Å². The number of morpholine rings is 1. The predicted octanol–water partition coefficient (Wildman–Crippen LogP) is 4.30. The summed E-state index contributed by atoms with van der Waals surface area (Å²) in [4.78, 5) is 30.9. The van der Waals surface area contributed by atoms with E-state index >= 15 is 0 Å². The molecule has 2 aromatic rings. The van der Waals surface area contributed by atoms with Crippen molar-refractivity contribution in [3.63, 3.8) is 0 Å². The van der Waals surface area contributed by atoms with Gasteiger partial charge in [-0.25, -0.2) is 4.39 Å². The second kappa shape index (κ2) is 8.87. The van der Waals surface area contributed by atoms with E-state index < -0.39 is 6.04 Å². The van der Waals surface area contributed by atoms with E-state index in [4.69, 9.17) is 4.74 Å². The molecule has 178 valence electrons. The molecule has 0 saturated carbocycles. The highest BCUT2D eigenvalue weighted by Gasteiger charge is 2.42. The van der Waals surface area contributed by atoms with Gasteiger partial charge in [0.1, 0.15) is 5.82 Å². The average molecular weight is 464 g/mol. The van der Waals surface area contributed by atoms with E-state index in [9.17, 15) is 14.0 Å². The maximum atomic E-state index is 13.9. The number of nitrogens with one attached hydrogen (secondary N) is 1. The lowest BCUT2D eigenvalue weighted by Gasteiger charge is -2.39. The fourth-order valence-electron chi connectivity index (χ4n) is 5.28. The molecule has 0 bridgehead atoms. The Balaban J connectivity index is 1.66. The highest BCUT2D eigenvalue weighted by atomic mass is 19.1. The van der Waals surface area contributed by atoms with Gasteiger partial charge in [0.05, 0.1) is 37.2 Å². The van der Waals surface area contributed by atoms with E-state index in [1.54, 1.807) is 12.1 Å². The highest BCUT2D eigenvalue weighted by molar-refractivity contribution is 6.01. The number of benzene rings is 2. The number of para-hydroxylation sites is 2. The molecular weight excluding hydrogens is 433 g/mol. The molecule has 1 amide bonds. The summed E-state index contributed by atoms with van der Waals surface area (Å²) in [6.45, 7) is 6.44. The number of allylic oxidation sites excluding steroid dienone is 1. The SMILES string of the molecule is CC1(C)CC(=O)C2=C(C1)Nc1ccccc1N(CC(=O)N1CCOCC1)C2c1ccc(F)cc1. The van der Waals surface area contributed by atoms with Crippen LogP contribution in [0.4, 0.5) is 15.8 Å². The third-order valence-corrected chi connectivity index (χ3v) is 6.86. The van der Waals surface area contributed by atoms with Gasteiger partial charge >= 0.3 is 0 Å². The minimum absolute atomic E-state index is 0.0159. The quantitative estimate of drug-likeness (QED) is 0.736. The molecule has 0 spiro atoms. The average Bonchev–Trinajstić information content (AvgIpc) is 2.94. The molecular formula is C27H30FN3O3. The monoisotopic (exact) mass is 463 g/mol. The van der Waals surface area contributed by atoms with Gasteiger partial charge in [-0.1, -0.05) is 38.1 Å². The number of hydrogen-bond acceptors (Lipinski definition) is 5. The van der Waals surface area contributed by atoms with Crippen LogP contribution in [0.15, 0.2) is 59.8 Å². The van der Waals surface area contributed by atoms with Gasteiger partial charge in [0.2, 0.25) is 5.91 Å². The molecule has 1 fully saturated rings. The summed E-state index contributed by atoms with van der Waals surface area (Å²) in [7, 11) is 0. The van der Waals surface area contributed by atoms with E-state index in [1.165, 1.54) is 12.1 Å². The van der Waals surface area contributed by atoms with Crippen LogP contribution in [0.25, 0.3) is 0 Å². The molecule has 1 atom stereocenters. The molecule has 1 unspecified atom stereocenters. The number of rotatable bonds is 3. The lowest BCUT2D eigenvalue weighted by molar-refractivity contribution is -0.133. The standard InChI is InChI=1S/C27H30FN3O3/c1-27(2)15-21-25(23(32)16-27)26(18-7-9-19(28)10-8-18)31(22-6-4-3-5-20(22)29-21)17-24(33)30-11-13-34-14-12-30/h3-10,26,29H,11-17H2,1-2H3. The smallest absolute Gasteiger partial charge is 0.242 e. The van der Waals surface area contributed by atoms with Crippen LogP contribution in [0.3, 0.4) is 0 Å². The van der Waals surface area contributed by atoms with E-state index in [2.05, 4.69) is 19.2 Å². The number of Topliss-reactive ketones (excluding diaryl/α,β-unsaturated/α-hetero) is 1. The number of hydrogen-bond donors (Lipinski definition) is 1. The molecule has 7 heteroatoms. The number of ketones is 1. The topological polar surface area (TPSA) is 61.9 Å². The van der Waals surface area contributed by atoms with Crippen LogP contribution in [-0.2, 0) is 14.3 Å². The van der Waals surface area contributed by atoms with Crippen molar-refractivity contribution in [1.29, 1.82) is 0 Å². The minimum Gasteiger partial charge on any atom is -0.378 e. The van der Waals surface area contributed by atoms with Crippen LogP contribution in [-0.4, -0.2) is 49.4 Å². The molecule has 1 aliphatic carbocycles. The van der Waals surface area contributed by atoms with Crippen molar-refractivity contribution < 1.29 is 18.7 Å². The number of fused-ring (bicyclic) bond motifs is 1. The third kappa shape index (κ3) is 4.32. The Morgan fingerprint density at radius 3 is 2.53 bits per heavy atom. The van der Waals surface area contributed by atoms with Crippen LogP contribution in [0, 0.1) is 11.2 Å². The molecule has 3 aliphatic rings. The molecule has 5 rings (SSSR count). The zero-order valence-corrected chi connectivity index (χ0v) is 19.6. The maximum Gasteiger partial charge on any atom is 0.242 e. The van der Waals surface area contributed by atoms with Gasteiger partial charge in [0.15, 0.2) is 5.78 Å². The summed E-state index contributed by atoms with van der Waals surface area (Å²) in [5.74, 6) is -0.292. The Kier molecular flexibility index (Phi) is 5.90. The lowest BCUT2D eigenvalue weighted by atomic mass is 9.73. The maximum absolute atomic E-state index is 13.9. The van der Waals surface area contributed by atoms with E-state index in [1.807, 2.05) is 34.1 Å². The van der Waals surface area contributed by atoms with Crippen LogP contribution < -0.4 is 10.2 Å². The lowest BCUT2D eigenvalue weighted by Crippen LogP contribution is -2.47.